The Balaban J connectivity index is 0.00000112. The zero-order chi connectivity index (χ0) is 9.80. The molecule has 0 saturated carbocycles. The summed E-state index contributed by atoms with van der Waals surface area (Å²) in [5.74, 6) is 1.04. The van der Waals surface area contributed by atoms with E-state index < -0.39 is 0 Å². The van der Waals surface area contributed by atoms with Crippen molar-refractivity contribution in [2.24, 2.45) is 11.8 Å². The van der Waals surface area contributed by atoms with E-state index in [0.717, 1.165) is 19.5 Å². The molecule has 0 unspecified atom stereocenters. The molecule has 3 heteroatoms. The van der Waals surface area contributed by atoms with Crippen LogP contribution >= 0.6 is 12.4 Å². The maximum atomic E-state index is 9.17. The fraction of sp³-hybridized carbons (Fsp3) is 0.500. The maximum Gasteiger partial charge on any atom is 0.0474 e. The van der Waals surface area contributed by atoms with Crippen molar-refractivity contribution in [3.8, 4) is 0 Å². The van der Waals surface area contributed by atoms with Crippen molar-refractivity contribution in [3.63, 3.8) is 0 Å². The average molecular weight is 228 g/mol. The van der Waals surface area contributed by atoms with Crippen molar-refractivity contribution in [1.29, 1.82) is 0 Å². The number of hydrogen-bond donors (Lipinski definition) is 2. The molecule has 1 aromatic carbocycles. The van der Waals surface area contributed by atoms with E-state index >= 15 is 0 Å². The van der Waals surface area contributed by atoms with Crippen LogP contribution in [0.15, 0.2) is 30.3 Å². The first-order chi connectivity index (χ1) is 6.90. The minimum Gasteiger partial charge on any atom is -0.396 e. The van der Waals surface area contributed by atoms with Crippen LogP contribution in [0.25, 0.3) is 0 Å². The Bertz CT molecular complexity index is 278. The molecule has 1 fully saturated rings. The quantitative estimate of drug-likeness (QED) is 0.820. The van der Waals surface area contributed by atoms with Gasteiger partial charge < -0.3 is 10.4 Å². The van der Waals surface area contributed by atoms with Crippen LogP contribution in [-0.2, 0) is 6.42 Å². The van der Waals surface area contributed by atoms with E-state index in [9.17, 15) is 5.11 Å². The molecule has 84 valence electrons. The second-order valence-electron chi connectivity index (χ2n) is 4.05. The van der Waals surface area contributed by atoms with Crippen LogP contribution in [0.5, 0.6) is 0 Å². The summed E-state index contributed by atoms with van der Waals surface area (Å²) in [4.78, 5) is 0. The second kappa shape index (κ2) is 6.11. The Kier molecular flexibility index (Phi) is 5.09. The van der Waals surface area contributed by atoms with E-state index in [1.807, 2.05) is 6.07 Å². The van der Waals surface area contributed by atoms with Crippen LogP contribution in [0, 0.1) is 11.8 Å². The van der Waals surface area contributed by atoms with Gasteiger partial charge in [-0.2, -0.15) is 0 Å². The number of hydrogen-bond acceptors (Lipinski definition) is 2. The molecule has 1 saturated heterocycles. The SMILES string of the molecule is Cl.OC[C@H]1CNC[C@@H]1Cc1ccccc1. The van der Waals surface area contributed by atoms with Gasteiger partial charge in [-0.25, -0.2) is 0 Å². The minimum absolute atomic E-state index is 0. The summed E-state index contributed by atoms with van der Waals surface area (Å²) in [6, 6.07) is 10.5. The van der Waals surface area contributed by atoms with Crippen molar-refractivity contribution in [3.05, 3.63) is 35.9 Å². The molecule has 0 aliphatic carbocycles. The highest BCUT2D eigenvalue weighted by molar-refractivity contribution is 5.85. The van der Waals surface area contributed by atoms with Gasteiger partial charge in [0.2, 0.25) is 0 Å². The molecule has 0 amide bonds. The number of nitrogens with one attached hydrogen (secondary N) is 1. The lowest BCUT2D eigenvalue weighted by Crippen LogP contribution is -2.18. The maximum absolute atomic E-state index is 9.17. The molecule has 1 aliphatic rings. The van der Waals surface area contributed by atoms with E-state index in [2.05, 4.69) is 29.6 Å². The Morgan fingerprint density at radius 1 is 1.13 bits per heavy atom. The summed E-state index contributed by atoms with van der Waals surface area (Å²) in [5.41, 5.74) is 1.37. The highest BCUT2D eigenvalue weighted by Gasteiger charge is 2.25. The highest BCUT2D eigenvalue weighted by atomic mass is 35.5. The van der Waals surface area contributed by atoms with Crippen molar-refractivity contribution >= 4 is 12.4 Å². The predicted molar refractivity (Wildman–Crippen MR) is 64.3 cm³/mol. The largest absolute Gasteiger partial charge is 0.396 e. The standard InChI is InChI=1S/C12H17NO.ClH/c14-9-12-8-13-7-11(12)6-10-4-2-1-3-5-10;/h1-5,11-14H,6-9H2;1H/t11-,12+;/m0./s1. The van der Waals surface area contributed by atoms with Crippen molar-refractivity contribution in [2.75, 3.05) is 19.7 Å². The summed E-state index contributed by atoms with van der Waals surface area (Å²) in [6.07, 6.45) is 1.08. The summed E-state index contributed by atoms with van der Waals surface area (Å²) >= 11 is 0. The topological polar surface area (TPSA) is 32.3 Å². The van der Waals surface area contributed by atoms with Crippen LogP contribution in [0.3, 0.4) is 0 Å². The van der Waals surface area contributed by atoms with Crippen molar-refractivity contribution < 1.29 is 5.11 Å². The Labute approximate surface area is 97.1 Å². The Morgan fingerprint density at radius 3 is 2.47 bits per heavy atom. The first kappa shape index (κ1) is 12.5. The lowest BCUT2D eigenvalue weighted by Gasteiger charge is -2.15. The van der Waals surface area contributed by atoms with Crippen molar-refractivity contribution in [2.45, 2.75) is 6.42 Å². The lowest BCUT2D eigenvalue weighted by atomic mass is 9.90. The van der Waals surface area contributed by atoms with Gasteiger partial charge in [0, 0.05) is 13.2 Å². The summed E-state index contributed by atoms with van der Waals surface area (Å²) < 4.78 is 0. The van der Waals surface area contributed by atoms with Crippen molar-refractivity contribution in [1.82, 2.24) is 5.32 Å². The molecule has 0 spiro atoms. The molecule has 0 aromatic heterocycles. The number of benzene rings is 1. The molecule has 2 rings (SSSR count). The summed E-state index contributed by atoms with van der Waals surface area (Å²) in [7, 11) is 0. The molecular formula is C12H18ClNO. The fourth-order valence-corrected chi connectivity index (χ4v) is 2.16. The summed E-state index contributed by atoms with van der Waals surface area (Å²) in [6.45, 7) is 2.32. The van der Waals surface area contributed by atoms with E-state index in [1.165, 1.54) is 5.56 Å². The lowest BCUT2D eigenvalue weighted by molar-refractivity contribution is 0.205. The molecule has 2 N–H and O–H groups in total. The predicted octanol–water partition coefficient (Wildman–Crippen LogP) is 1.48. The molecular weight excluding hydrogens is 210 g/mol. The zero-order valence-electron chi connectivity index (χ0n) is 8.73. The minimum atomic E-state index is 0. The van der Waals surface area contributed by atoms with Gasteiger partial charge in [-0.3, -0.25) is 0 Å². The number of aliphatic hydroxyl groups is 1. The Morgan fingerprint density at radius 2 is 1.80 bits per heavy atom. The molecule has 0 bridgehead atoms. The third kappa shape index (κ3) is 3.20. The highest BCUT2D eigenvalue weighted by Crippen LogP contribution is 2.20. The van der Waals surface area contributed by atoms with Crippen LogP contribution in [0.1, 0.15) is 5.56 Å². The van der Waals surface area contributed by atoms with E-state index in [4.69, 9.17) is 0 Å². The molecule has 0 radical (unpaired) electrons. The average Bonchev–Trinajstić information content (AvgIpc) is 2.67. The van der Waals surface area contributed by atoms with Gasteiger partial charge in [0.05, 0.1) is 0 Å². The molecule has 2 nitrogen and oxygen atoms in total. The van der Waals surface area contributed by atoms with Crippen LogP contribution in [0.4, 0.5) is 0 Å². The van der Waals surface area contributed by atoms with Crippen LogP contribution in [0.2, 0.25) is 0 Å². The Hall–Kier alpha value is -0.570. The van der Waals surface area contributed by atoms with E-state index in [1.54, 1.807) is 0 Å². The zero-order valence-corrected chi connectivity index (χ0v) is 9.54. The van der Waals surface area contributed by atoms with Gasteiger partial charge in [-0.15, -0.1) is 12.4 Å². The van der Waals surface area contributed by atoms with Gasteiger partial charge >= 0.3 is 0 Å². The third-order valence-corrected chi connectivity index (χ3v) is 3.05. The number of aliphatic hydroxyl groups excluding tert-OH is 1. The fourth-order valence-electron chi connectivity index (χ4n) is 2.16. The van der Waals surface area contributed by atoms with Crippen LogP contribution < -0.4 is 5.32 Å². The van der Waals surface area contributed by atoms with Gasteiger partial charge in [0.15, 0.2) is 0 Å². The molecule has 15 heavy (non-hydrogen) atoms. The monoisotopic (exact) mass is 227 g/mol. The first-order valence-electron chi connectivity index (χ1n) is 5.25. The molecule has 2 atom stereocenters. The van der Waals surface area contributed by atoms with E-state index in [0.29, 0.717) is 18.4 Å². The summed E-state index contributed by atoms with van der Waals surface area (Å²) in [5, 5.41) is 12.5. The van der Waals surface area contributed by atoms with Crippen LogP contribution in [-0.4, -0.2) is 24.8 Å². The molecule has 1 aromatic rings. The normalized spacial score (nSPS) is 24.9. The van der Waals surface area contributed by atoms with Gasteiger partial charge in [0.1, 0.15) is 0 Å². The molecule has 1 aliphatic heterocycles. The number of halogens is 1. The second-order valence-corrected chi connectivity index (χ2v) is 4.05. The molecule has 1 heterocycles. The smallest absolute Gasteiger partial charge is 0.0474 e. The van der Waals surface area contributed by atoms with E-state index in [-0.39, 0.29) is 12.4 Å². The van der Waals surface area contributed by atoms with Gasteiger partial charge in [-0.1, -0.05) is 30.3 Å². The first-order valence-corrected chi connectivity index (χ1v) is 5.25. The third-order valence-electron chi connectivity index (χ3n) is 3.05. The number of rotatable bonds is 3. The van der Waals surface area contributed by atoms with Gasteiger partial charge in [0.25, 0.3) is 0 Å². The van der Waals surface area contributed by atoms with Gasteiger partial charge in [-0.05, 0) is 30.4 Å².